The van der Waals surface area contributed by atoms with E-state index in [2.05, 4.69) is 30.4 Å². The average Bonchev–Trinajstić information content (AvgIpc) is 2.83. The van der Waals surface area contributed by atoms with Crippen LogP contribution < -0.4 is 16.4 Å². The Kier molecular flexibility index (Phi) is 13.5. The molecule has 4 amide bonds. The lowest BCUT2D eigenvalue weighted by molar-refractivity contribution is -0.146. The van der Waals surface area contributed by atoms with Crippen LogP contribution in [0.5, 0.6) is 0 Å². The highest BCUT2D eigenvalue weighted by Crippen LogP contribution is 2.30. The number of nitrogens with zero attached hydrogens (tertiary/aromatic N) is 1. The molecule has 39 heavy (non-hydrogen) atoms. The monoisotopic (exact) mass is 542 g/mol. The lowest BCUT2D eigenvalue weighted by Gasteiger charge is -2.39. The zero-order valence-electron chi connectivity index (χ0n) is 24.5. The van der Waals surface area contributed by atoms with E-state index in [1.165, 1.54) is 4.90 Å². The predicted molar refractivity (Wildman–Crippen MR) is 152 cm³/mol. The van der Waals surface area contributed by atoms with Gasteiger partial charge in [0.2, 0.25) is 17.7 Å². The number of alkyl carbamates (subject to hydrolysis) is 1. The predicted octanol–water partition coefficient (Wildman–Crippen LogP) is 4.05. The van der Waals surface area contributed by atoms with Crippen molar-refractivity contribution in [3.63, 3.8) is 0 Å². The van der Waals surface area contributed by atoms with Gasteiger partial charge in [0.1, 0.15) is 17.7 Å². The highest BCUT2D eigenvalue weighted by Gasteiger charge is 2.40. The number of hydrogen-bond donors (Lipinski definition) is 3. The number of nitrogens with one attached hydrogen (secondary N) is 2. The first-order valence-electron chi connectivity index (χ1n) is 13.6. The van der Waals surface area contributed by atoms with E-state index in [4.69, 9.17) is 16.9 Å². The van der Waals surface area contributed by atoms with Gasteiger partial charge < -0.3 is 26.0 Å². The van der Waals surface area contributed by atoms with Crippen LogP contribution in [0.1, 0.15) is 97.7 Å². The van der Waals surface area contributed by atoms with Crippen LogP contribution in [-0.4, -0.2) is 52.9 Å². The zero-order valence-corrected chi connectivity index (χ0v) is 24.5. The van der Waals surface area contributed by atoms with Crippen molar-refractivity contribution in [1.82, 2.24) is 15.5 Å². The summed E-state index contributed by atoms with van der Waals surface area (Å²) in [6.45, 7) is 13.5. The number of amides is 4. The van der Waals surface area contributed by atoms with Gasteiger partial charge in [0.15, 0.2) is 0 Å². The number of rotatable bonds is 14. The maximum atomic E-state index is 14.2. The fourth-order valence-electron chi connectivity index (χ4n) is 4.11. The second-order valence-corrected chi connectivity index (χ2v) is 11.2. The first-order chi connectivity index (χ1) is 18.2. The molecule has 0 saturated heterocycles. The molecule has 3 unspecified atom stereocenters. The summed E-state index contributed by atoms with van der Waals surface area (Å²) in [5, 5.41) is 5.44. The lowest BCUT2D eigenvalue weighted by atomic mass is 9.94. The van der Waals surface area contributed by atoms with Gasteiger partial charge in [0.05, 0.1) is 6.42 Å². The summed E-state index contributed by atoms with van der Waals surface area (Å²) in [6, 6.07) is 4.07. The van der Waals surface area contributed by atoms with Crippen LogP contribution in [0.15, 0.2) is 24.3 Å². The highest BCUT2D eigenvalue weighted by atomic mass is 16.6. The van der Waals surface area contributed by atoms with Gasteiger partial charge >= 0.3 is 6.09 Å². The number of carbonyl (C=O) groups excluding carboxylic acids is 4. The fourth-order valence-corrected chi connectivity index (χ4v) is 4.11. The van der Waals surface area contributed by atoms with E-state index in [1.807, 2.05) is 13.8 Å². The number of hydrogen-bond acceptors (Lipinski definition) is 5. The van der Waals surface area contributed by atoms with Crippen LogP contribution in [0.2, 0.25) is 0 Å². The minimum atomic E-state index is -1.34. The molecule has 4 N–H and O–H groups in total. The third kappa shape index (κ3) is 11.4. The third-order valence-electron chi connectivity index (χ3n) is 6.05. The molecule has 9 nitrogen and oxygen atoms in total. The molecule has 0 saturated carbocycles. The quantitative estimate of drug-likeness (QED) is 0.241. The van der Waals surface area contributed by atoms with E-state index in [-0.39, 0.29) is 0 Å². The number of primary amides is 1. The Morgan fingerprint density at radius 2 is 1.74 bits per heavy atom. The van der Waals surface area contributed by atoms with Gasteiger partial charge in [0, 0.05) is 18.2 Å². The van der Waals surface area contributed by atoms with E-state index < -0.39 is 54.0 Å². The molecule has 0 aliphatic heterocycles. The second-order valence-electron chi connectivity index (χ2n) is 11.2. The van der Waals surface area contributed by atoms with Gasteiger partial charge in [-0.3, -0.25) is 14.4 Å². The van der Waals surface area contributed by atoms with Crippen LogP contribution in [0.25, 0.3) is 0 Å². The molecule has 0 radical (unpaired) electrons. The molecule has 0 spiro atoms. The van der Waals surface area contributed by atoms with Crippen LogP contribution in [-0.2, 0) is 19.1 Å². The lowest BCUT2D eigenvalue weighted by Crippen LogP contribution is -2.56. The number of terminal acetylenes is 1. The molecule has 0 bridgehead atoms. The van der Waals surface area contributed by atoms with Crippen molar-refractivity contribution < 1.29 is 23.9 Å². The van der Waals surface area contributed by atoms with E-state index in [0.717, 1.165) is 19.3 Å². The first-order valence-corrected chi connectivity index (χ1v) is 13.6. The minimum absolute atomic E-state index is 0.348. The Morgan fingerprint density at radius 1 is 1.10 bits per heavy atom. The smallest absolute Gasteiger partial charge is 0.408 e. The summed E-state index contributed by atoms with van der Waals surface area (Å²) in [4.78, 5) is 54.1. The van der Waals surface area contributed by atoms with Gasteiger partial charge in [-0.1, -0.05) is 51.3 Å². The summed E-state index contributed by atoms with van der Waals surface area (Å²) < 4.78 is 5.33. The second kappa shape index (κ2) is 15.8. The molecular weight excluding hydrogens is 496 g/mol. The van der Waals surface area contributed by atoms with Crippen molar-refractivity contribution in [2.75, 3.05) is 6.54 Å². The maximum absolute atomic E-state index is 14.2. The van der Waals surface area contributed by atoms with Gasteiger partial charge in [-0.15, -0.1) is 6.42 Å². The molecule has 1 rings (SSSR count). The van der Waals surface area contributed by atoms with Crippen molar-refractivity contribution in [1.29, 1.82) is 0 Å². The average molecular weight is 543 g/mol. The highest BCUT2D eigenvalue weighted by molar-refractivity contribution is 5.95. The van der Waals surface area contributed by atoms with Crippen molar-refractivity contribution >= 4 is 23.8 Å². The van der Waals surface area contributed by atoms with Crippen LogP contribution in [0.4, 0.5) is 4.79 Å². The van der Waals surface area contributed by atoms with Crippen LogP contribution in [0.3, 0.4) is 0 Å². The van der Waals surface area contributed by atoms with Gasteiger partial charge in [0.25, 0.3) is 0 Å². The topological polar surface area (TPSA) is 131 Å². The summed E-state index contributed by atoms with van der Waals surface area (Å²) >= 11 is 0. The number of unbranched alkanes of at least 4 members (excludes halogenated alkanes) is 1. The molecular formula is C30H46N4O5. The summed E-state index contributed by atoms with van der Waals surface area (Å²) in [7, 11) is 0. The summed E-state index contributed by atoms with van der Waals surface area (Å²) in [6.07, 6.45) is 7.45. The Bertz CT molecular complexity index is 1020. The van der Waals surface area contributed by atoms with E-state index in [9.17, 15) is 19.2 Å². The molecule has 0 aliphatic rings. The number of carbonyl (C=O) groups is 4. The summed E-state index contributed by atoms with van der Waals surface area (Å²) in [5.41, 5.74) is 5.59. The van der Waals surface area contributed by atoms with Crippen molar-refractivity contribution in [2.24, 2.45) is 11.7 Å². The molecule has 1 aromatic carbocycles. The molecule has 3 atom stereocenters. The van der Waals surface area contributed by atoms with Gasteiger partial charge in [-0.05, 0) is 64.5 Å². The zero-order chi connectivity index (χ0) is 29.8. The maximum Gasteiger partial charge on any atom is 0.408 e. The first kappa shape index (κ1) is 33.5. The Hall–Kier alpha value is -3.54. The normalized spacial score (nSPS) is 13.5. The number of nitrogens with two attached hydrogens (primary N) is 1. The van der Waals surface area contributed by atoms with Crippen LogP contribution >= 0.6 is 0 Å². The van der Waals surface area contributed by atoms with Crippen molar-refractivity contribution in [3.05, 3.63) is 35.4 Å². The molecule has 0 heterocycles. The molecule has 0 aliphatic carbocycles. The summed E-state index contributed by atoms with van der Waals surface area (Å²) in [5.74, 6) is 1.16. The fraction of sp³-hybridized carbons (Fsp3) is 0.600. The Balaban J connectivity index is 3.69. The SMILES string of the molecule is C#Cc1ccccc1C(C(=O)NCCCC)N(C(=O)C(CC(N)=O)NC(=O)OC(C)(C)C)C(C)CCC(C)C. The van der Waals surface area contributed by atoms with Crippen molar-refractivity contribution in [2.45, 2.75) is 104 Å². The van der Waals surface area contributed by atoms with E-state index >= 15 is 0 Å². The largest absolute Gasteiger partial charge is 0.444 e. The van der Waals surface area contributed by atoms with E-state index in [1.54, 1.807) is 45.0 Å². The minimum Gasteiger partial charge on any atom is -0.444 e. The molecule has 0 fully saturated rings. The number of benzene rings is 1. The number of ether oxygens (including phenoxy) is 1. The molecule has 1 aromatic rings. The molecule has 216 valence electrons. The molecule has 0 aromatic heterocycles. The Morgan fingerprint density at radius 3 is 2.28 bits per heavy atom. The van der Waals surface area contributed by atoms with Crippen molar-refractivity contribution in [3.8, 4) is 12.3 Å². The van der Waals surface area contributed by atoms with Crippen LogP contribution in [0, 0.1) is 18.3 Å². The van der Waals surface area contributed by atoms with Gasteiger partial charge in [-0.2, -0.15) is 0 Å². The van der Waals surface area contributed by atoms with Gasteiger partial charge in [-0.25, -0.2) is 4.79 Å². The third-order valence-corrected chi connectivity index (χ3v) is 6.05. The standard InChI is InChI=1S/C30H46N4O5/c1-9-11-18-32-27(36)26(23-15-13-12-14-22(23)10-2)34(21(5)17-16-20(3)4)28(37)24(19-25(31)35)33-29(38)39-30(6,7)8/h2,12-15,20-21,24,26H,9,11,16-19H2,1,3-8H3,(H2,31,35)(H,32,36)(H,33,38). The van der Waals surface area contributed by atoms with E-state index in [0.29, 0.717) is 30.0 Å². The molecule has 9 heteroatoms. The Labute approximate surface area is 233 Å².